The molecule has 0 saturated heterocycles. The molecule has 1 aliphatic carbocycles. The first-order chi connectivity index (χ1) is 15.4. The Morgan fingerprint density at radius 1 is 1.06 bits per heavy atom. The van der Waals surface area contributed by atoms with Crippen LogP contribution in [0.25, 0.3) is 11.3 Å². The first-order valence-electron chi connectivity index (χ1n) is 10.3. The van der Waals surface area contributed by atoms with Crippen molar-refractivity contribution in [2.75, 3.05) is 5.32 Å². The quantitative estimate of drug-likeness (QED) is 0.368. The second-order valence-corrected chi connectivity index (χ2v) is 8.12. The van der Waals surface area contributed by atoms with Crippen LogP contribution >= 0.6 is 0 Å². The van der Waals surface area contributed by atoms with E-state index in [1.165, 1.54) is 12.4 Å². The van der Waals surface area contributed by atoms with Gasteiger partial charge in [0.15, 0.2) is 12.0 Å². The molecule has 2 aliphatic rings. The zero-order valence-electron chi connectivity index (χ0n) is 17.0. The zero-order valence-corrected chi connectivity index (χ0v) is 17.0. The number of aliphatic hydroxyl groups is 1. The summed E-state index contributed by atoms with van der Waals surface area (Å²) in [7, 11) is 0. The van der Waals surface area contributed by atoms with E-state index in [2.05, 4.69) is 15.3 Å². The number of nitrogens with zero attached hydrogens (tertiary/aromatic N) is 3. The highest BCUT2D eigenvalue weighted by molar-refractivity contribution is 5.96. The topological polar surface area (TPSA) is 128 Å². The van der Waals surface area contributed by atoms with Crippen molar-refractivity contribution in [3.8, 4) is 11.3 Å². The predicted molar refractivity (Wildman–Crippen MR) is 112 cm³/mol. The van der Waals surface area contributed by atoms with Gasteiger partial charge in [-0.1, -0.05) is 30.3 Å². The number of rotatable bonds is 3. The summed E-state index contributed by atoms with van der Waals surface area (Å²) in [5.41, 5.74) is -0.605. The molecule has 1 amide bonds. The molecule has 9 heteroatoms. The Morgan fingerprint density at radius 2 is 1.81 bits per heavy atom. The monoisotopic (exact) mass is 432 g/mol. The van der Waals surface area contributed by atoms with Crippen molar-refractivity contribution in [3.63, 3.8) is 0 Å². The molecule has 5 rings (SSSR count). The van der Waals surface area contributed by atoms with Crippen molar-refractivity contribution in [2.45, 2.75) is 36.9 Å². The summed E-state index contributed by atoms with van der Waals surface area (Å²) in [6.07, 6.45) is 4.81. The van der Waals surface area contributed by atoms with Gasteiger partial charge in [-0.2, -0.15) is 4.73 Å². The number of anilines is 1. The fourth-order valence-corrected chi connectivity index (χ4v) is 4.39. The van der Waals surface area contributed by atoms with E-state index < -0.39 is 23.1 Å². The number of pyridine rings is 1. The van der Waals surface area contributed by atoms with E-state index in [0.717, 1.165) is 5.56 Å². The molecule has 32 heavy (non-hydrogen) atoms. The summed E-state index contributed by atoms with van der Waals surface area (Å²) in [6.45, 7) is 0. The van der Waals surface area contributed by atoms with Crippen LogP contribution in [0, 0.1) is 5.21 Å². The van der Waals surface area contributed by atoms with Gasteiger partial charge in [0, 0.05) is 11.6 Å². The number of ether oxygens (including phenoxy) is 1. The van der Waals surface area contributed by atoms with Crippen LogP contribution in [0.15, 0.2) is 61.1 Å². The third-order valence-electron chi connectivity index (χ3n) is 6.20. The van der Waals surface area contributed by atoms with Gasteiger partial charge in [-0.15, -0.1) is 0 Å². The third-order valence-corrected chi connectivity index (χ3v) is 6.20. The molecule has 0 unspecified atom stereocenters. The lowest BCUT2D eigenvalue weighted by atomic mass is 9.73. The molecule has 9 nitrogen and oxygen atoms in total. The average molecular weight is 432 g/mol. The largest absolute Gasteiger partial charge is 0.618 e. The molecular formula is C23H20N4O5. The van der Waals surface area contributed by atoms with Crippen molar-refractivity contribution < 1.29 is 24.2 Å². The predicted octanol–water partition coefficient (Wildman–Crippen LogP) is 2.09. The summed E-state index contributed by atoms with van der Waals surface area (Å²) < 4.78 is 6.06. The van der Waals surface area contributed by atoms with E-state index in [4.69, 9.17) is 4.74 Å². The number of aromatic nitrogens is 3. The van der Waals surface area contributed by atoms with Crippen LogP contribution in [0.4, 0.5) is 5.82 Å². The lowest BCUT2D eigenvalue weighted by Gasteiger charge is -2.39. The molecule has 0 bridgehead atoms. The number of amides is 1. The number of carbonyl (C=O) groups is 2. The molecule has 0 atom stereocenters. The fraction of sp³-hybridized carbons (Fsp3) is 0.261. The summed E-state index contributed by atoms with van der Waals surface area (Å²) in [5.74, 6) is -1.04. The second kappa shape index (κ2) is 7.38. The minimum atomic E-state index is -1.65. The minimum absolute atomic E-state index is 0.0313. The van der Waals surface area contributed by atoms with Crippen molar-refractivity contribution >= 4 is 17.7 Å². The van der Waals surface area contributed by atoms with Crippen LogP contribution in [0.1, 0.15) is 41.7 Å². The molecule has 3 aromatic rings. The molecule has 1 saturated carbocycles. The number of hydrogen-bond donors (Lipinski definition) is 2. The van der Waals surface area contributed by atoms with Gasteiger partial charge in [0.25, 0.3) is 5.91 Å². The highest BCUT2D eigenvalue weighted by atomic mass is 16.6. The first-order valence-corrected chi connectivity index (χ1v) is 10.3. The van der Waals surface area contributed by atoms with Crippen LogP contribution in [-0.4, -0.2) is 32.6 Å². The van der Waals surface area contributed by atoms with Crippen LogP contribution in [-0.2, 0) is 15.1 Å². The van der Waals surface area contributed by atoms with Gasteiger partial charge in [0.1, 0.15) is 11.2 Å². The van der Waals surface area contributed by atoms with Crippen LogP contribution in [0.5, 0.6) is 0 Å². The van der Waals surface area contributed by atoms with Gasteiger partial charge in [-0.05, 0) is 31.7 Å². The molecule has 1 fully saturated rings. The molecule has 1 spiro atoms. The molecule has 1 aromatic carbocycles. The molecule has 1 aliphatic heterocycles. The van der Waals surface area contributed by atoms with Crippen LogP contribution in [0.3, 0.4) is 0 Å². The summed E-state index contributed by atoms with van der Waals surface area (Å²) in [6, 6.07) is 12.8. The molecule has 162 valence electrons. The second-order valence-electron chi connectivity index (χ2n) is 8.12. The van der Waals surface area contributed by atoms with Gasteiger partial charge in [0.05, 0.1) is 23.7 Å². The Morgan fingerprint density at radius 3 is 2.50 bits per heavy atom. The van der Waals surface area contributed by atoms with Gasteiger partial charge in [-0.25, -0.2) is 9.78 Å². The summed E-state index contributed by atoms with van der Waals surface area (Å²) in [5, 5.41) is 25.6. The fourth-order valence-electron chi connectivity index (χ4n) is 4.39. The standard InChI is InChI=1S/C23H20N4O5/c28-20-19-16(7-4-12-27(19)31)23(32-20)10-8-22(30,9-11-23)21(29)26-18-14-24-17(13-25-18)15-5-2-1-3-6-15/h1-7,12-14,30H,8-11H2,(H,25,26,29). The van der Waals surface area contributed by atoms with Gasteiger partial charge >= 0.3 is 11.7 Å². The maximum Gasteiger partial charge on any atom is 0.406 e. The molecule has 0 radical (unpaired) electrons. The van der Waals surface area contributed by atoms with E-state index >= 15 is 0 Å². The first kappa shape index (κ1) is 20.1. The molecule has 2 aromatic heterocycles. The average Bonchev–Trinajstić information content (AvgIpc) is 3.09. The van der Waals surface area contributed by atoms with Crippen LogP contribution < -0.4 is 10.0 Å². The molecular weight excluding hydrogens is 412 g/mol. The third kappa shape index (κ3) is 3.27. The van der Waals surface area contributed by atoms with Gasteiger partial charge in [-0.3, -0.25) is 9.78 Å². The Hall–Kier alpha value is -3.85. The summed E-state index contributed by atoms with van der Waals surface area (Å²) in [4.78, 5) is 33.6. The van der Waals surface area contributed by atoms with Crippen molar-refractivity contribution in [1.82, 2.24) is 9.97 Å². The number of benzene rings is 1. The SMILES string of the molecule is O=C1OC2(CCC(O)(C(=O)Nc3cnc(-c4ccccc4)cn3)CC2)c2ccc[n+]([O-])c21. The number of nitrogens with one attached hydrogen (secondary N) is 1. The Kier molecular flexibility index (Phi) is 4.63. The zero-order chi connectivity index (χ0) is 22.3. The molecule has 3 heterocycles. The Labute approximate surface area is 183 Å². The van der Waals surface area contributed by atoms with E-state index in [9.17, 15) is 19.9 Å². The van der Waals surface area contributed by atoms with Crippen molar-refractivity contribution in [1.29, 1.82) is 0 Å². The van der Waals surface area contributed by atoms with Gasteiger partial charge < -0.3 is 20.4 Å². The normalized spacial score (nSPS) is 24.1. The lowest BCUT2D eigenvalue weighted by Crippen LogP contribution is -2.49. The van der Waals surface area contributed by atoms with Crippen LogP contribution in [0.2, 0.25) is 0 Å². The van der Waals surface area contributed by atoms with E-state index in [1.54, 1.807) is 18.3 Å². The van der Waals surface area contributed by atoms with Crippen molar-refractivity contribution in [2.24, 2.45) is 0 Å². The molecule has 2 N–H and O–H groups in total. The minimum Gasteiger partial charge on any atom is -0.618 e. The smallest absolute Gasteiger partial charge is 0.406 e. The highest BCUT2D eigenvalue weighted by Gasteiger charge is 2.55. The van der Waals surface area contributed by atoms with Crippen molar-refractivity contribution in [3.05, 3.63) is 77.5 Å². The number of esters is 1. The number of hydrogen-bond acceptors (Lipinski definition) is 7. The maximum atomic E-state index is 12.8. The highest BCUT2D eigenvalue weighted by Crippen LogP contribution is 2.48. The number of carbonyl (C=O) groups excluding carboxylic acids is 2. The maximum absolute atomic E-state index is 12.8. The number of fused-ring (bicyclic) bond motifs is 2. The van der Waals surface area contributed by atoms with E-state index in [-0.39, 0.29) is 37.2 Å². The van der Waals surface area contributed by atoms with Gasteiger partial charge in [0.2, 0.25) is 0 Å². The van der Waals surface area contributed by atoms with E-state index in [1.807, 2.05) is 30.3 Å². The Balaban J connectivity index is 1.29. The Bertz CT molecular complexity index is 1190. The lowest BCUT2D eigenvalue weighted by molar-refractivity contribution is -0.608. The summed E-state index contributed by atoms with van der Waals surface area (Å²) >= 11 is 0. The van der Waals surface area contributed by atoms with E-state index in [0.29, 0.717) is 16.0 Å².